The number of hydrogen-bond acceptors (Lipinski definition) is 5. The predicted molar refractivity (Wildman–Crippen MR) is 97.8 cm³/mol. The third-order valence-corrected chi connectivity index (χ3v) is 5.07. The van der Waals surface area contributed by atoms with Crippen molar-refractivity contribution in [1.29, 1.82) is 0 Å². The van der Waals surface area contributed by atoms with E-state index >= 15 is 0 Å². The molecule has 1 aliphatic heterocycles. The molecule has 0 atom stereocenters. The van der Waals surface area contributed by atoms with Gasteiger partial charge in [-0.1, -0.05) is 0 Å². The molecule has 0 spiro atoms. The summed E-state index contributed by atoms with van der Waals surface area (Å²) in [5.74, 6) is 1.65. The lowest BCUT2D eigenvalue weighted by atomic mass is 9.89. The number of carbonyl (C=O) groups is 2. The lowest BCUT2D eigenvalue weighted by Gasteiger charge is -2.31. The van der Waals surface area contributed by atoms with E-state index in [0.29, 0.717) is 42.7 Å². The Morgan fingerprint density at radius 1 is 1.15 bits per heavy atom. The maximum atomic E-state index is 12.7. The topological polar surface area (TPSA) is 65.1 Å². The van der Waals surface area contributed by atoms with Crippen LogP contribution < -0.4 is 9.47 Å². The van der Waals surface area contributed by atoms with Crippen molar-refractivity contribution in [3.8, 4) is 11.5 Å². The number of methoxy groups -OCH3 is 2. The quantitative estimate of drug-likeness (QED) is 0.804. The molecule has 0 bridgehead atoms. The molecule has 0 N–H and O–H groups in total. The second-order valence-electron chi connectivity index (χ2n) is 6.63. The van der Waals surface area contributed by atoms with Gasteiger partial charge in [0, 0.05) is 24.2 Å². The lowest BCUT2D eigenvalue weighted by Crippen LogP contribution is -2.39. The number of piperidine rings is 1. The van der Waals surface area contributed by atoms with E-state index in [4.69, 9.17) is 14.2 Å². The summed E-state index contributed by atoms with van der Waals surface area (Å²) in [6.07, 6.45) is 4.21. The van der Waals surface area contributed by atoms with Gasteiger partial charge >= 0.3 is 6.09 Å². The first-order valence-electron chi connectivity index (χ1n) is 9.00. The molecule has 1 aromatic rings. The van der Waals surface area contributed by atoms with E-state index in [1.807, 2.05) is 19.1 Å². The highest BCUT2D eigenvalue weighted by molar-refractivity contribution is 6.18. The van der Waals surface area contributed by atoms with Crippen molar-refractivity contribution in [2.24, 2.45) is 5.92 Å². The van der Waals surface area contributed by atoms with Crippen molar-refractivity contribution < 1.29 is 23.8 Å². The number of allylic oxidation sites excluding steroid dienone is 1. The van der Waals surface area contributed by atoms with Gasteiger partial charge in [0.2, 0.25) is 0 Å². The van der Waals surface area contributed by atoms with Crippen LogP contribution in [0.25, 0.3) is 6.08 Å². The summed E-state index contributed by atoms with van der Waals surface area (Å²) in [7, 11) is 3.15. The van der Waals surface area contributed by atoms with E-state index in [0.717, 1.165) is 30.4 Å². The van der Waals surface area contributed by atoms with Crippen LogP contribution in [0.2, 0.25) is 0 Å². The minimum atomic E-state index is -0.242. The second-order valence-corrected chi connectivity index (χ2v) is 6.63. The minimum Gasteiger partial charge on any atom is -0.493 e. The van der Waals surface area contributed by atoms with Gasteiger partial charge in [0.1, 0.15) is 0 Å². The highest BCUT2D eigenvalue weighted by Crippen LogP contribution is 2.38. The Hall–Kier alpha value is -2.50. The number of amides is 1. The van der Waals surface area contributed by atoms with Crippen molar-refractivity contribution in [1.82, 2.24) is 4.90 Å². The van der Waals surface area contributed by atoms with Crippen molar-refractivity contribution >= 4 is 18.0 Å². The van der Waals surface area contributed by atoms with Crippen LogP contribution in [-0.2, 0) is 4.74 Å². The van der Waals surface area contributed by atoms with Crippen LogP contribution in [0, 0.1) is 5.92 Å². The molecule has 0 radical (unpaired) electrons. The molecule has 140 valence electrons. The Bertz CT molecular complexity index is 732. The summed E-state index contributed by atoms with van der Waals surface area (Å²) < 4.78 is 15.7. The summed E-state index contributed by atoms with van der Waals surface area (Å²) >= 11 is 0. The summed E-state index contributed by atoms with van der Waals surface area (Å²) in [4.78, 5) is 26.3. The number of rotatable bonds is 5. The number of likely N-dealkylation sites (tertiary alicyclic amines) is 1. The van der Waals surface area contributed by atoms with E-state index in [-0.39, 0.29) is 11.9 Å². The van der Waals surface area contributed by atoms with E-state index in [2.05, 4.69) is 0 Å². The van der Waals surface area contributed by atoms with Gasteiger partial charge in [-0.3, -0.25) is 4.79 Å². The number of ketones is 1. The molecule has 1 amide bonds. The van der Waals surface area contributed by atoms with E-state index in [9.17, 15) is 9.59 Å². The minimum absolute atomic E-state index is 0.0637. The van der Waals surface area contributed by atoms with Crippen LogP contribution in [0.1, 0.15) is 42.1 Å². The number of Topliss-reactive ketones (excluding diaryl/α,β-unsaturated/α-hetero) is 1. The Morgan fingerprint density at radius 3 is 2.42 bits per heavy atom. The van der Waals surface area contributed by atoms with Gasteiger partial charge in [-0.05, 0) is 55.9 Å². The summed E-state index contributed by atoms with van der Waals surface area (Å²) in [5, 5.41) is 0. The summed E-state index contributed by atoms with van der Waals surface area (Å²) in [5.41, 5.74) is 2.37. The monoisotopic (exact) mass is 359 g/mol. The van der Waals surface area contributed by atoms with Gasteiger partial charge in [-0.15, -0.1) is 0 Å². The fourth-order valence-electron chi connectivity index (χ4n) is 3.63. The molecular formula is C20H25NO5. The molecule has 6 heteroatoms. The Morgan fingerprint density at radius 2 is 1.81 bits per heavy atom. The van der Waals surface area contributed by atoms with Crippen LogP contribution in [0.4, 0.5) is 4.79 Å². The highest BCUT2D eigenvalue weighted by Gasteiger charge is 2.29. The van der Waals surface area contributed by atoms with Crippen LogP contribution in [0.5, 0.6) is 11.5 Å². The number of hydrogen-bond donors (Lipinski definition) is 0. The number of ether oxygens (including phenoxy) is 3. The smallest absolute Gasteiger partial charge is 0.409 e. The highest BCUT2D eigenvalue weighted by atomic mass is 16.6. The molecule has 1 aromatic carbocycles. The summed E-state index contributed by atoms with van der Waals surface area (Å²) in [6.45, 7) is 3.56. The predicted octanol–water partition coefficient (Wildman–Crippen LogP) is 3.54. The molecule has 0 aromatic heterocycles. The molecule has 6 nitrogen and oxygen atoms in total. The van der Waals surface area contributed by atoms with Crippen molar-refractivity contribution in [3.63, 3.8) is 0 Å². The third-order valence-electron chi connectivity index (χ3n) is 5.07. The zero-order valence-corrected chi connectivity index (χ0v) is 15.5. The maximum absolute atomic E-state index is 12.7. The Labute approximate surface area is 153 Å². The number of carbonyl (C=O) groups excluding carboxylic acids is 2. The van der Waals surface area contributed by atoms with Crippen LogP contribution in [-0.4, -0.2) is 50.7 Å². The number of nitrogens with zero attached hydrogens (tertiary/aromatic N) is 1. The summed E-state index contributed by atoms with van der Waals surface area (Å²) in [6, 6.07) is 3.60. The zero-order chi connectivity index (χ0) is 18.7. The second kappa shape index (κ2) is 7.81. The first-order chi connectivity index (χ1) is 12.6. The fourth-order valence-corrected chi connectivity index (χ4v) is 3.63. The first kappa shape index (κ1) is 18.3. The largest absolute Gasteiger partial charge is 0.493 e. The fraction of sp³-hybridized carbons (Fsp3) is 0.500. The average Bonchev–Trinajstić information content (AvgIpc) is 2.96. The molecule has 0 saturated carbocycles. The molecule has 1 fully saturated rings. The normalized spacial score (nSPS) is 17.0. The maximum Gasteiger partial charge on any atom is 0.409 e. The lowest BCUT2D eigenvalue weighted by molar-refractivity contribution is 0.0904. The van der Waals surface area contributed by atoms with Gasteiger partial charge in [-0.2, -0.15) is 0 Å². The SMILES string of the molecule is CCOC(=O)N1CCC(CC2=Cc3cc(OC)c(OC)cc3C2=O)CC1. The average molecular weight is 359 g/mol. The molecule has 1 aliphatic carbocycles. The van der Waals surface area contributed by atoms with Gasteiger partial charge in [0.05, 0.1) is 20.8 Å². The van der Waals surface area contributed by atoms with Gasteiger partial charge in [-0.25, -0.2) is 4.79 Å². The number of benzene rings is 1. The van der Waals surface area contributed by atoms with E-state index in [1.165, 1.54) is 0 Å². The van der Waals surface area contributed by atoms with Gasteiger partial charge in [0.15, 0.2) is 17.3 Å². The van der Waals surface area contributed by atoms with Crippen molar-refractivity contribution in [2.75, 3.05) is 33.9 Å². The molecule has 1 heterocycles. The van der Waals surface area contributed by atoms with Gasteiger partial charge in [0.25, 0.3) is 0 Å². The molecule has 0 unspecified atom stereocenters. The first-order valence-corrected chi connectivity index (χ1v) is 9.00. The zero-order valence-electron chi connectivity index (χ0n) is 15.5. The molecule has 26 heavy (non-hydrogen) atoms. The Kier molecular flexibility index (Phi) is 5.49. The third kappa shape index (κ3) is 3.54. The molecule has 1 saturated heterocycles. The van der Waals surface area contributed by atoms with Crippen molar-refractivity contribution in [3.05, 3.63) is 28.8 Å². The van der Waals surface area contributed by atoms with Gasteiger partial charge < -0.3 is 19.1 Å². The van der Waals surface area contributed by atoms with E-state index in [1.54, 1.807) is 25.2 Å². The standard InChI is InChI=1S/C20H25NO5/c1-4-26-20(23)21-7-5-13(6-8-21)9-15-10-14-11-17(24-2)18(25-3)12-16(14)19(15)22/h10-13H,4-9H2,1-3H3. The van der Waals surface area contributed by atoms with Crippen LogP contribution >= 0.6 is 0 Å². The number of fused-ring (bicyclic) bond motifs is 1. The molecular weight excluding hydrogens is 334 g/mol. The molecule has 3 rings (SSSR count). The Balaban J connectivity index is 1.65. The van der Waals surface area contributed by atoms with E-state index < -0.39 is 0 Å². The van der Waals surface area contributed by atoms with Crippen molar-refractivity contribution in [2.45, 2.75) is 26.2 Å². The van der Waals surface area contributed by atoms with Crippen LogP contribution in [0.3, 0.4) is 0 Å². The van der Waals surface area contributed by atoms with Crippen LogP contribution in [0.15, 0.2) is 17.7 Å². The molecule has 2 aliphatic rings.